The lowest BCUT2D eigenvalue weighted by Crippen LogP contribution is -2.13. The van der Waals surface area contributed by atoms with Gasteiger partial charge in [-0.2, -0.15) is 0 Å². The van der Waals surface area contributed by atoms with Crippen molar-refractivity contribution in [1.82, 2.24) is 14.6 Å². The molecule has 39 heavy (non-hydrogen) atoms. The third kappa shape index (κ3) is 4.89. The molecule has 1 amide bonds. The number of amides is 1. The van der Waals surface area contributed by atoms with Crippen molar-refractivity contribution < 1.29 is 23.4 Å². The molecule has 0 aliphatic carbocycles. The highest BCUT2D eigenvalue weighted by Crippen LogP contribution is 2.37. The number of imidazole rings is 1. The number of aryl methyl sites for hydroxylation is 1. The molecule has 1 N–H and O–H groups in total. The molecule has 0 aliphatic rings. The average Bonchev–Trinajstić information content (AvgIpc) is 3.65. The Kier molecular flexibility index (Phi) is 6.37. The summed E-state index contributed by atoms with van der Waals surface area (Å²) in [6.07, 6.45) is 1.79. The van der Waals surface area contributed by atoms with E-state index >= 15 is 0 Å². The van der Waals surface area contributed by atoms with Crippen LogP contribution < -0.4 is 19.5 Å². The van der Waals surface area contributed by atoms with Gasteiger partial charge < -0.3 is 23.9 Å². The number of methoxy groups -OCH3 is 2. The fourth-order valence-electron chi connectivity index (χ4n) is 4.26. The Morgan fingerprint density at radius 2 is 1.92 bits per heavy atom. The molecule has 0 radical (unpaired) electrons. The Labute approximate surface area is 227 Å². The maximum atomic E-state index is 12.8. The molecule has 0 atom stereocenters. The highest BCUT2D eigenvalue weighted by atomic mass is 32.1. The summed E-state index contributed by atoms with van der Waals surface area (Å²) in [4.78, 5) is 18.1. The Morgan fingerprint density at radius 3 is 2.72 bits per heavy atom. The molecule has 10 heteroatoms. The van der Waals surface area contributed by atoms with E-state index < -0.39 is 0 Å². The van der Waals surface area contributed by atoms with Gasteiger partial charge in [0.2, 0.25) is 4.96 Å². The smallest absolute Gasteiger partial charge is 0.294 e. The highest BCUT2D eigenvalue weighted by Gasteiger charge is 2.17. The number of anilines is 1. The van der Waals surface area contributed by atoms with Crippen LogP contribution >= 0.6 is 11.3 Å². The van der Waals surface area contributed by atoms with Crippen LogP contribution in [0.5, 0.6) is 16.7 Å². The van der Waals surface area contributed by atoms with Crippen LogP contribution in [0, 0.1) is 6.92 Å². The number of nitrogens with one attached hydrogen (secondary N) is 1. The second-order valence-electron chi connectivity index (χ2n) is 8.83. The topological polar surface area (TPSA) is 100 Å². The van der Waals surface area contributed by atoms with Gasteiger partial charge in [-0.3, -0.25) is 4.79 Å². The second-order valence-corrected chi connectivity index (χ2v) is 9.75. The largest absolute Gasteiger partial charge is 0.496 e. The number of hydrogen-bond acceptors (Lipinski definition) is 8. The van der Waals surface area contributed by atoms with Crippen molar-refractivity contribution in [2.24, 2.45) is 0 Å². The Bertz CT molecular complexity index is 1790. The maximum Gasteiger partial charge on any atom is 0.294 e. The number of hydrogen-bond donors (Lipinski definition) is 1. The standard InChI is InChI=1S/C29H24N4O5S/c1-17-7-4-5-10-21(17)27(34)30-19-9-6-8-18(11-19)16-37-24-12-20(35-2)13-25-22(24)14-26(38-25)23-15-33-28(31-23)39-29(32-33)36-3/h4-15H,16H2,1-3H3,(H,30,34). The number of nitrogens with zero attached hydrogens (tertiary/aromatic N) is 3. The predicted molar refractivity (Wildman–Crippen MR) is 149 cm³/mol. The molecule has 0 spiro atoms. The molecule has 0 bridgehead atoms. The molecule has 0 saturated carbocycles. The number of fused-ring (bicyclic) bond motifs is 2. The second kappa shape index (κ2) is 10.1. The van der Waals surface area contributed by atoms with Gasteiger partial charge in [-0.15, -0.1) is 5.10 Å². The highest BCUT2D eigenvalue weighted by molar-refractivity contribution is 7.18. The molecule has 196 valence electrons. The van der Waals surface area contributed by atoms with Crippen LogP contribution in [0.3, 0.4) is 0 Å². The van der Waals surface area contributed by atoms with Gasteiger partial charge in [0.25, 0.3) is 11.1 Å². The molecule has 0 saturated heterocycles. The molecule has 0 unspecified atom stereocenters. The van der Waals surface area contributed by atoms with Gasteiger partial charge in [-0.25, -0.2) is 9.50 Å². The summed E-state index contributed by atoms with van der Waals surface area (Å²) < 4.78 is 24.7. The van der Waals surface area contributed by atoms with Crippen molar-refractivity contribution in [2.45, 2.75) is 13.5 Å². The van der Waals surface area contributed by atoms with Crippen molar-refractivity contribution >= 4 is 38.9 Å². The molecule has 3 aromatic carbocycles. The molecular weight excluding hydrogens is 516 g/mol. The third-order valence-electron chi connectivity index (χ3n) is 6.23. The molecule has 9 nitrogen and oxygen atoms in total. The number of furan rings is 1. The predicted octanol–water partition coefficient (Wildman–Crippen LogP) is 6.36. The van der Waals surface area contributed by atoms with Gasteiger partial charge in [0.15, 0.2) is 5.76 Å². The lowest BCUT2D eigenvalue weighted by Gasteiger charge is -2.11. The van der Waals surface area contributed by atoms with Crippen molar-refractivity contribution in [2.75, 3.05) is 19.5 Å². The SMILES string of the molecule is COc1cc(OCc2cccc(NC(=O)c3ccccc3C)c2)c2cc(-c3cn4nc(OC)sc4n3)oc2c1. The summed E-state index contributed by atoms with van der Waals surface area (Å²) in [7, 11) is 3.17. The van der Waals surface area contributed by atoms with E-state index in [4.69, 9.17) is 18.6 Å². The van der Waals surface area contributed by atoms with Gasteiger partial charge in [0.1, 0.15) is 29.4 Å². The molecule has 0 fully saturated rings. The summed E-state index contributed by atoms with van der Waals surface area (Å²) in [5, 5.41) is 8.62. The number of carbonyl (C=O) groups is 1. The Morgan fingerprint density at radius 1 is 1.05 bits per heavy atom. The van der Waals surface area contributed by atoms with Gasteiger partial charge in [-0.05, 0) is 53.7 Å². The molecule has 6 aromatic rings. The zero-order chi connectivity index (χ0) is 26.9. The number of rotatable bonds is 8. The van der Waals surface area contributed by atoms with Crippen molar-refractivity contribution in [3.8, 4) is 28.1 Å². The van der Waals surface area contributed by atoms with Gasteiger partial charge >= 0.3 is 0 Å². The molecule has 6 rings (SSSR count). The lowest BCUT2D eigenvalue weighted by molar-refractivity contribution is 0.102. The fourth-order valence-corrected chi connectivity index (χ4v) is 4.95. The monoisotopic (exact) mass is 540 g/mol. The number of ether oxygens (including phenoxy) is 3. The van der Waals surface area contributed by atoms with Crippen LogP contribution in [0.25, 0.3) is 27.4 Å². The molecular formula is C29H24N4O5S. The van der Waals surface area contributed by atoms with E-state index in [1.807, 2.05) is 73.7 Å². The van der Waals surface area contributed by atoms with Gasteiger partial charge in [-0.1, -0.05) is 30.3 Å². The first-order valence-electron chi connectivity index (χ1n) is 12.1. The van der Waals surface area contributed by atoms with E-state index in [9.17, 15) is 4.79 Å². The van der Waals surface area contributed by atoms with Crippen LogP contribution in [-0.4, -0.2) is 34.7 Å². The quantitative estimate of drug-likeness (QED) is 0.240. The Hall–Kier alpha value is -4.83. The summed E-state index contributed by atoms with van der Waals surface area (Å²) in [5.41, 5.74) is 4.40. The number of carbonyl (C=O) groups excluding carboxylic acids is 1. The van der Waals surface area contributed by atoms with Crippen LogP contribution in [0.1, 0.15) is 21.5 Å². The van der Waals surface area contributed by atoms with Crippen molar-refractivity contribution in [1.29, 1.82) is 0 Å². The number of benzene rings is 3. The van der Waals surface area contributed by atoms with Gasteiger partial charge in [0.05, 0.1) is 25.8 Å². The molecule has 3 heterocycles. The van der Waals surface area contributed by atoms with Crippen molar-refractivity contribution in [3.63, 3.8) is 0 Å². The minimum Gasteiger partial charge on any atom is -0.496 e. The lowest BCUT2D eigenvalue weighted by atomic mass is 10.1. The minimum absolute atomic E-state index is 0.153. The van der Waals surface area contributed by atoms with Gasteiger partial charge in [0, 0.05) is 23.4 Å². The van der Waals surface area contributed by atoms with Crippen LogP contribution in [0.2, 0.25) is 0 Å². The summed E-state index contributed by atoms with van der Waals surface area (Å²) >= 11 is 1.34. The van der Waals surface area contributed by atoms with E-state index in [1.54, 1.807) is 24.9 Å². The van der Waals surface area contributed by atoms with E-state index in [-0.39, 0.29) is 12.5 Å². The summed E-state index contributed by atoms with van der Waals surface area (Å²) in [5.74, 6) is 1.64. The summed E-state index contributed by atoms with van der Waals surface area (Å²) in [6, 6.07) is 20.6. The fraction of sp³-hybridized carbons (Fsp3) is 0.138. The first kappa shape index (κ1) is 24.5. The first-order chi connectivity index (χ1) is 19.0. The van der Waals surface area contributed by atoms with E-state index in [0.717, 1.165) is 16.5 Å². The summed E-state index contributed by atoms with van der Waals surface area (Å²) in [6.45, 7) is 2.19. The minimum atomic E-state index is -0.153. The van der Waals surface area contributed by atoms with Crippen LogP contribution in [0.15, 0.2) is 77.3 Å². The third-order valence-corrected chi connectivity index (χ3v) is 7.11. The number of aromatic nitrogens is 3. The first-order valence-corrected chi connectivity index (χ1v) is 12.9. The normalized spacial score (nSPS) is 11.2. The van der Waals surface area contributed by atoms with Crippen molar-refractivity contribution in [3.05, 3.63) is 89.6 Å². The molecule has 3 aromatic heterocycles. The van der Waals surface area contributed by atoms with E-state index in [2.05, 4.69) is 15.4 Å². The average molecular weight is 541 g/mol. The van der Waals surface area contributed by atoms with Crippen LogP contribution in [-0.2, 0) is 6.61 Å². The zero-order valence-corrected chi connectivity index (χ0v) is 22.2. The molecule has 0 aliphatic heterocycles. The van der Waals surface area contributed by atoms with E-state index in [0.29, 0.717) is 49.9 Å². The van der Waals surface area contributed by atoms with Crippen LogP contribution in [0.4, 0.5) is 5.69 Å². The Balaban J connectivity index is 1.24. The van der Waals surface area contributed by atoms with E-state index in [1.165, 1.54) is 11.3 Å². The zero-order valence-electron chi connectivity index (χ0n) is 21.4. The maximum absolute atomic E-state index is 12.8.